The van der Waals surface area contributed by atoms with E-state index in [0.29, 0.717) is 0 Å². The lowest BCUT2D eigenvalue weighted by atomic mass is 9.92. The maximum absolute atomic E-state index is 5.03. The van der Waals surface area contributed by atoms with Crippen molar-refractivity contribution >= 4 is 60.7 Å². The second kappa shape index (κ2) is 7.96. The molecule has 0 bridgehead atoms. The van der Waals surface area contributed by atoms with Crippen LogP contribution in [0.1, 0.15) is 5.56 Å². The van der Waals surface area contributed by atoms with E-state index in [1.54, 1.807) is 0 Å². The molecular weight excluding hydrogens is 424 g/mol. The van der Waals surface area contributed by atoms with Crippen LogP contribution in [-0.2, 0) is 0 Å². The van der Waals surface area contributed by atoms with E-state index in [4.69, 9.17) is 5.10 Å². The van der Waals surface area contributed by atoms with Crippen molar-refractivity contribution in [2.45, 2.75) is 0 Å². The summed E-state index contributed by atoms with van der Waals surface area (Å²) in [4.78, 5) is 0. The highest BCUT2D eigenvalue weighted by Gasteiger charge is 2.12. The summed E-state index contributed by atoms with van der Waals surface area (Å²) in [7, 11) is 0. The van der Waals surface area contributed by atoms with E-state index in [9.17, 15) is 0 Å². The SMILES string of the molecule is C(=NN(c1ccccc1)c1ccc2ccccc2c1)c1ccc2ccc3cccc4ccc1c2c34. The molecule has 0 aliphatic heterocycles. The molecule has 0 amide bonds. The van der Waals surface area contributed by atoms with Crippen LogP contribution in [0.3, 0.4) is 0 Å². The van der Waals surface area contributed by atoms with Gasteiger partial charge in [0.1, 0.15) is 0 Å². The lowest BCUT2D eigenvalue weighted by Gasteiger charge is -2.20. The van der Waals surface area contributed by atoms with Crippen LogP contribution in [0.25, 0.3) is 43.1 Å². The zero-order chi connectivity index (χ0) is 23.2. The number of hydrogen-bond donors (Lipinski definition) is 0. The molecule has 0 radical (unpaired) electrons. The Hall–Kier alpha value is -4.69. The first kappa shape index (κ1) is 19.7. The fraction of sp³-hybridized carbons (Fsp3) is 0. The van der Waals surface area contributed by atoms with Gasteiger partial charge < -0.3 is 0 Å². The zero-order valence-electron chi connectivity index (χ0n) is 19.1. The molecule has 0 N–H and O–H groups in total. The van der Waals surface area contributed by atoms with Gasteiger partial charge in [-0.25, -0.2) is 5.01 Å². The Kier molecular flexibility index (Phi) is 4.49. The molecule has 7 aromatic carbocycles. The van der Waals surface area contributed by atoms with Crippen molar-refractivity contribution in [1.29, 1.82) is 0 Å². The summed E-state index contributed by atoms with van der Waals surface area (Å²) in [6.45, 7) is 0. The topological polar surface area (TPSA) is 15.6 Å². The molecule has 0 aliphatic rings. The Labute approximate surface area is 203 Å². The fourth-order valence-electron chi connectivity index (χ4n) is 5.15. The highest BCUT2D eigenvalue weighted by atomic mass is 15.5. The van der Waals surface area contributed by atoms with Crippen molar-refractivity contribution in [2.75, 3.05) is 5.01 Å². The van der Waals surface area contributed by atoms with Crippen LogP contribution in [0, 0.1) is 0 Å². The quantitative estimate of drug-likeness (QED) is 0.150. The third-order valence-electron chi connectivity index (χ3n) is 6.85. The van der Waals surface area contributed by atoms with Gasteiger partial charge in [-0.3, -0.25) is 0 Å². The van der Waals surface area contributed by atoms with E-state index < -0.39 is 0 Å². The van der Waals surface area contributed by atoms with Crippen molar-refractivity contribution in [3.63, 3.8) is 0 Å². The summed E-state index contributed by atoms with van der Waals surface area (Å²) < 4.78 is 0. The molecular formula is C33H22N2. The minimum absolute atomic E-state index is 1.02. The number of hydrogen-bond acceptors (Lipinski definition) is 2. The average molecular weight is 447 g/mol. The van der Waals surface area contributed by atoms with Gasteiger partial charge in [0.05, 0.1) is 17.6 Å². The van der Waals surface area contributed by atoms with Gasteiger partial charge in [0.2, 0.25) is 0 Å². The number of anilines is 2. The van der Waals surface area contributed by atoms with Crippen molar-refractivity contribution in [3.05, 3.63) is 133 Å². The largest absolute Gasteiger partial charge is 0.234 e. The average Bonchev–Trinajstić information content (AvgIpc) is 2.93. The molecule has 164 valence electrons. The summed E-state index contributed by atoms with van der Waals surface area (Å²) in [6.07, 6.45) is 1.99. The normalized spacial score (nSPS) is 11.9. The molecule has 0 saturated carbocycles. The summed E-state index contributed by atoms with van der Waals surface area (Å²) in [5.74, 6) is 0. The summed E-state index contributed by atoms with van der Waals surface area (Å²) >= 11 is 0. The summed E-state index contributed by atoms with van der Waals surface area (Å²) in [5.41, 5.74) is 3.16. The van der Waals surface area contributed by atoms with Crippen LogP contribution < -0.4 is 5.01 Å². The number of nitrogens with zero attached hydrogens (tertiary/aromatic N) is 2. The van der Waals surface area contributed by atoms with Crippen molar-refractivity contribution in [2.24, 2.45) is 5.10 Å². The molecule has 0 aromatic heterocycles. The van der Waals surface area contributed by atoms with Gasteiger partial charge in [0.25, 0.3) is 0 Å². The molecule has 7 aromatic rings. The Balaban J connectivity index is 1.40. The monoisotopic (exact) mass is 446 g/mol. The molecule has 0 heterocycles. The number of fused-ring (bicyclic) bond motifs is 1. The molecule has 0 atom stereocenters. The van der Waals surface area contributed by atoms with Crippen LogP contribution in [0.5, 0.6) is 0 Å². The van der Waals surface area contributed by atoms with E-state index in [2.05, 4.69) is 121 Å². The molecule has 2 nitrogen and oxygen atoms in total. The molecule has 2 heteroatoms. The third-order valence-corrected chi connectivity index (χ3v) is 6.85. The Morgan fingerprint density at radius 3 is 1.91 bits per heavy atom. The minimum atomic E-state index is 1.02. The van der Waals surface area contributed by atoms with Gasteiger partial charge in [0.15, 0.2) is 0 Å². The number of rotatable bonds is 4. The van der Waals surface area contributed by atoms with Gasteiger partial charge in [-0.2, -0.15) is 5.10 Å². The fourth-order valence-corrected chi connectivity index (χ4v) is 5.15. The first-order valence-electron chi connectivity index (χ1n) is 11.9. The Morgan fingerprint density at radius 2 is 1.09 bits per heavy atom. The van der Waals surface area contributed by atoms with Crippen molar-refractivity contribution < 1.29 is 0 Å². The van der Waals surface area contributed by atoms with Gasteiger partial charge >= 0.3 is 0 Å². The van der Waals surface area contributed by atoms with Crippen LogP contribution in [-0.4, -0.2) is 6.21 Å². The Morgan fingerprint density at radius 1 is 0.457 bits per heavy atom. The molecule has 0 fully saturated rings. The molecule has 0 aliphatic carbocycles. The summed E-state index contributed by atoms with van der Waals surface area (Å²) in [5, 5.41) is 17.1. The maximum atomic E-state index is 5.03. The van der Waals surface area contributed by atoms with Crippen molar-refractivity contribution in [1.82, 2.24) is 0 Å². The number of para-hydroxylation sites is 1. The van der Waals surface area contributed by atoms with E-state index in [0.717, 1.165) is 16.9 Å². The van der Waals surface area contributed by atoms with Crippen molar-refractivity contribution in [3.8, 4) is 0 Å². The zero-order valence-corrected chi connectivity index (χ0v) is 19.1. The van der Waals surface area contributed by atoms with Crippen LogP contribution >= 0.6 is 0 Å². The minimum Gasteiger partial charge on any atom is -0.234 e. The van der Waals surface area contributed by atoms with Crippen LogP contribution in [0.2, 0.25) is 0 Å². The molecule has 35 heavy (non-hydrogen) atoms. The van der Waals surface area contributed by atoms with Gasteiger partial charge in [-0.05, 0) is 67.4 Å². The van der Waals surface area contributed by atoms with E-state index in [-0.39, 0.29) is 0 Å². The first-order chi connectivity index (χ1) is 17.3. The molecule has 0 unspecified atom stereocenters. The van der Waals surface area contributed by atoms with Gasteiger partial charge in [0, 0.05) is 5.56 Å². The van der Waals surface area contributed by atoms with E-state index in [1.807, 2.05) is 17.3 Å². The smallest absolute Gasteiger partial charge is 0.0659 e. The van der Waals surface area contributed by atoms with Gasteiger partial charge in [-0.1, -0.05) is 103 Å². The highest BCUT2D eigenvalue weighted by Crippen LogP contribution is 2.36. The first-order valence-corrected chi connectivity index (χ1v) is 11.9. The Bertz CT molecular complexity index is 1840. The number of benzene rings is 7. The molecule has 0 saturated heterocycles. The molecule has 7 rings (SSSR count). The second-order valence-corrected chi connectivity index (χ2v) is 8.93. The molecule has 0 spiro atoms. The maximum Gasteiger partial charge on any atom is 0.0659 e. The third kappa shape index (κ3) is 3.31. The van der Waals surface area contributed by atoms with Gasteiger partial charge in [-0.15, -0.1) is 0 Å². The van der Waals surface area contributed by atoms with Crippen LogP contribution in [0.4, 0.5) is 11.4 Å². The number of hydrazone groups is 1. The van der Waals surface area contributed by atoms with E-state index >= 15 is 0 Å². The summed E-state index contributed by atoms with van der Waals surface area (Å²) in [6, 6.07) is 45.0. The lowest BCUT2D eigenvalue weighted by Crippen LogP contribution is -2.09. The van der Waals surface area contributed by atoms with E-state index in [1.165, 1.54) is 43.1 Å². The standard InChI is InChI=1S/C33H22N2/c1-2-11-29(12-3-1)35(30-19-17-23-7-4-5-8-27(23)21-30)34-22-28-16-15-26-14-13-24-9-6-10-25-18-20-31(28)33(26)32(24)25/h1-22H. The van der Waals surface area contributed by atoms with Crippen LogP contribution in [0.15, 0.2) is 132 Å². The lowest BCUT2D eigenvalue weighted by molar-refractivity contribution is 1.09. The predicted molar refractivity (Wildman–Crippen MR) is 150 cm³/mol. The second-order valence-electron chi connectivity index (χ2n) is 8.93. The predicted octanol–water partition coefficient (Wildman–Crippen LogP) is 8.91. The highest BCUT2D eigenvalue weighted by molar-refractivity contribution is 6.25.